The van der Waals surface area contributed by atoms with Crippen molar-refractivity contribution in [3.05, 3.63) is 23.8 Å². The van der Waals surface area contributed by atoms with Gasteiger partial charge in [0.1, 0.15) is 0 Å². The van der Waals surface area contributed by atoms with Crippen molar-refractivity contribution in [3.63, 3.8) is 0 Å². The number of nitrogens with two attached hydrogens (primary N) is 1. The first-order valence-electron chi connectivity index (χ1n) is 6.95. The number of nitrogen functional groups attached to an aromatic ring is 1. The molecule has 2 amide bonds. The van der Waals surface area contributed by atoms with Crippen LogP contribution in [0.1, 0.15) is 38.1 Å². The highest BCUT2D eigenvalue weighted by Crippen LogP contribution is 2.19. The van der Waals surface area contributed by atoms with Crippen molar-refractivity contribution in [3.8, 4) is 0 Å². The van der Waals surface area contributed by atoms with Gasteiger partial charge in [-0.2, -0.15) is 0 Å². The molecule has 0 aromatic heterocycles. The number of anilines is 2. The first-order chi connectivity index (χ1) is 9.73. The molecule has 1 rings (SSSR count). The zero-order valence-corrected chi connectivity index (χ0v) is 13.0. The van der Waals surface area contributed by atoms with Crippen LogP contribution >= 0.6 is 0 Å². The molecule has 0 spiro atoms. The molecule has 0 unspecified atom stereocenters. The summed E-state index contributed by atoms with van der Waals surface area (Å²) >= 11 is 0. The predicted octanol–water partition coefficient (Wildman–Crippen LogP) is 1.35. The molecule has 0 aliphatic rings. The Hall–Kier alpha value is -2.24. The normalized spacial score (nSPS) is 10.9. The van der Waals surface area contributed by atoms with Crippen molar-refractivity contribution in [2.24, 2.45) is 0 Å². The van der Waals surface area contributed by atoms with Gasteiger partial charge in [-0.15, -0.1) is 0 Å². The second kappa shape index (κ2) is 6.97. The lowest BCUT2D eigenvalue weighted by atomic mass is 10.1. The highest BCUT2D eigenvalue weighted by atomic mass is 16.2. The molecule has 0 aliphatic carbocycles. The minimum Gasteiger partial charge on any atom is -0.397 e. The van der Waals surface area contributed by atoms with Gasteiger partial charge in [0.15, 0.2) is 0 Å². The van der Waals surface area contributed by atoms with Crippen LogP contribution in [0.25, 0.3) is 0 Å². The lowest BCUT2D eigenvalue weighted by Crippen LogP contribution is -2.43. The quantitative estimate of drug-likeness (QED) is 0.616. The highest BCUT2D eigenvalue weighted by molar-refractivity contribution is 5.96. The Morgan fingerprint density at radius 3 is 2.48 bits per heavy atom. The van der Waals surface area contributed by atoms with E-state index in [4.69, 9.17) is 5.73 Å². The summed E-state index contributed by atoms with van der Waals surface area (Å²) in [6.07, 6.45) is 0. The zero-order chi connectivity index (χ0) is 16.0. The Morgan fingerprint density at radius 1 is 1.24 bits per heavy atom. The molecule has 5 N–H and O–H groups in total. The van der Waals surface area contributed by atoms with E-state index in [9.17, 15) is 9.59 Å². The molecule has 0 bridgehead atoms. The van der Waals surface area contributed by atoms with E-state index in [1.807, 2.05) is 27.7 Å². The van der Waals surface area contributed by atoms with Crippen molar-refractivity contribution in [2.75, 3.05) is 24.1 Å². The Kier molecular flexibility index (Phi) is 5.58. The summed E-state index contributed by atoms with van der Waals surface area (Å²) in [4.78, 5) is 23.5. The summed E-state index contributed by atoms with van der Waals surface area (Å²) in [6.45, 7) is 8.24. The summed E-state index contributed by atoms with van der Waals surface area (Å²) in [7, 11) is 0. The maximum Gasteiger partial charge on any atom is 0.251 e. The Morgan fingerprint density at radius 2 is 1.90 bits per heavy atom. The SMILES string of the molecule is CCNC(=O)c1ccc(N)c(NCC(=O)NC(C)(C)C)c1. The molecule has 21 heavy (non-hydrogen) atoms. The fraction of sp³-hybridized carbons (Fsp3) is 0.467. The van der Waals surface area contributed by atoms with E-state index in [0.29, 0.717) is 23.5 Å². The molecule has 0 radical (unpaired) electrons. The van der Waals surface area contributed by atoms with Crippen molar-refractivity contribution < 1.29 is 9.59 Å². The van der Waals surface area contributed by atoms with E-state index in [1.54, 1.807) is 18.2 Å². The first-order valence-corrected chi connectivity index (χ1v) is 6.95. The van der Waals surface area contributed by atoms with E-state index in [-0.39, 0.29) is 23.9 Å². The maximum atomic E-state index is 11.8. The predicted molar refractivity (Wildman–Crippen MR) is 85.2 cm³/mol. The van der Waals surface area contributed by atoms with Gasteiger partial charge in [-0.3, -0.25) is 9.59 Å². The highest BCUT2D eigenvalue weighted by Gasteiger charge is 2.14. The zero-order valence-electron chi connectivity index (χ0n) is 13.0. The Labute approximate surface area is 125 Å². The van der Waals surface area contributed by atoms with Gasteiger partial charge in [0.25, 0.3) is 5.91 Å². The molecule has 0 atom stereocenters. The maximum absolute atomic E-state index is 11.8. The summed E-state index contributed by atoms with van der Waals surface area (Å²) in [5.41, 5.74) is 7.14. The molecular weight excluding hydrogens is 268 g/mol. The van der Waals surface area contributed by atoms with Crippen molar-refractivity contribution in [1.29, 1.82) is 0 Å². The molecule has 1 aromatic carbocycles. The van der Waals surface area contributed by atoms with Gasteiger partial charge in [0.05, 0.1) is 17.9 Å². The van der Waals surface area contributed by atoms with Crippen LogP contribution in [0, 0.1) is 0 Å². The molecule has 1 aromatic rings. The number of rotatable bonds is 5. The number of carbonyl (C=O) groups excluding carboxylic acids is 2. The summed E-state index contributed by atoms with van der Waals surface area (Å²) in [5.74, 6) is -0.301. The number of hydrogen-bond acceptors (Lipinski definition) is 4. The van der Waals surface area contributed by atoms with Gasteiger partial charge in [0, 0.05) is 17.6 Å². The van der Waals surface area contributed by atoms with Crippen molar-refractivity contribution >= 4 is 23.2 Å². The van der Waals surface area contributed by atoms with Gasteiger partial charge in [-0.05, 0) is 45.9 Å². The van der Waals surface area contributed by atoms with Crippen LogP contribution < -0.4 is 21.7 Å². The monoisotopic (exact) mass is 292 g/mol. The van der Waals surface area contributed by atoms with Gasteiger partial charge >= 0.3 is 0 Å². The molecule has 0 saturated carbocycles. The second-order valence-electron chi connectivity index (χ2n) is 5.81. The fourth-order valence-electron chi connectivity index (χ4n) is 1.75. The Balaban J connectivity index is 2.72. The largest absolute Gasteiger partial charge is 0.397 e. The van der Waals surface area contributed by atoms with E-state index >= 15 is 0 Å². The minimum absolute atomic E-state index is 0.0975. The van der Waals surface area contributed by atoms with Gasteiger partial charge in [0.2, 0.25) is 5.91 Å². The number of nitrogens with one attached hydrogen (secondary N) is 3. The number of amides is 2. The minimum atomic E-state index is -0.285. The number of hydrogen-bond donors (Lipinski definition) is 4. The van der Waals surface area contributed by atoms with Gasteiger partial charge < -0.3 is 21.7 Å². The van der Waals surface area contributed by atoms with Gasteiger partial charge in [-0.1, -0.05) is 0 Å². The molecule has 6 nitrogen and oxygen atoms in total. The van der Waals surface area contributed by atoms with Crippen molar-refractivity contribution in [2.45, 2.75) is 33.2 Å². The number of carbonyl (C=O) groups is 2. The summed E-state index contributed by atoms with van der Waals surface area (Å²) in [6, 6.07) is 4.94. The average molecular weight is 292 g/mol. The smallest absolute Gasteiger partial charge is 0.251 e. The van der Waals surface area contributed by atoms with Crippen LogP contribution in [0.15, 0.2) is 18.2 Å². The topological polar surface area (TPSA) is 96.2 Å². The third-order valence-corrected chi connectivity index (χ3v) is 2.61. The van der Waals surface area contributed by atoms with Gasteiger partial charge in [-0.25, -0.2) is 0 Å². The van der Waals surface area contributed by atoms with E-state index in [1.165, 1.54) is 0 Å². The lowest BCUT2D eigenvalue weighted by molar-refractivity contribution is -0.120. The number of benzene rings is 1. The van der Waals surface area contributed by atoms with Crippen LogP contribution in [0.3, 0.4) is 0 Å². The van der Waals surface area contributed by atoms with Crippen LogP contribution in [-0.2, 0) is 4.79 Å². The first kappa shape index (κ1) is 16.8. The Bertz CT molecular complexity index is 521. The second-order valence-corrected chi connectivity index (χ2v) is 5.81. The molecule has 6 heteroatoms. The van der Waals surface area contributed by atoms with Crippen LogP contribution in [-0.4, -0.2) is 30.4 Å². The van der Waals surface area contributed by atoms with E-state index in [2.05, 4.69) is 16.0 Å². The molecule has 0 aliphatic heterocycles. The molecule has 0 saturated heterocycles. The van der Waals surface area contributed by atoms with Crippen LogP contribution in [0.2, 0.25) is 0 Å². The summed E-state index contributed by atoms with van der Waals surface area (Å²) in [5, 5.41) is 8.52. The van der Waals surface area contributed by atoms with Crippen molar-refractivity contribution in [1.82, 2.24) is 10.6 Å². The fourth-order valence-corrected chi connectivity index (χ4v) is 1.75. The van der Waals surface area contributed by atoms with Crippen LogP contribution in [0.4, 0.5) is 11.4 Å². The molecule has 116 valence electrons. The lowest BCUT2D eigenvalue weighted by Gasteiger charge is -2.21. The molecule has 0 fully saturated rings. The standard InChI is InChI=1S/C15H24N4O2/c1-5-17-14(21)10-6-7-11(16)12(8-10)18-9-13(20)19-15(2,3)4/h6-8,18H,5,9,16H2,1-4H3,(H,17,21)(H,19,20). The third-order valence-electron chi connectivity index (χ3n) is 2.61. The third kappa shape index (κ3) is 5.72. The summed E-state index contributed by atoms with van der Waals surface area (Å²) < 4.78 is 0. The molecule has 0 heterocycles. The van der Waals surface area contributed by atoms with E-state index in [0.717, 1.165) is 0 Å². The van der Waals surface area contributed by atoms with Crippen LogP contribution in [0.5, 0.6) is 0 Å². The molecular formula is C15H24N4O2. The van der Waals surface area contributed by atoms with E-state index < -0.39 is 0 Å². The average Bonchev–Trinajstić information content (AvgIpc) is 2.36.